The van der Waals surface area contributed by atoms with Crippen molar-refractivity contribution >= 4 is 22.8 Å². The number of likely N-dealkylation sites (tertiary alicyclic amines) is 1. The number of pyridine rings is 1. The predicted molar refractivity (Wildman–Crippen MR) is 137 cm³/mol. The first-order valence-electron chi connectivity index (χ1n) is 12.4. The SMILES string of the molecule is CC.Cc1nc2c(C(=O)CN3CCCCC3)c(C)n(-c3ccc(C#N)cc3)c2cc1CCC(=O)O. The summed E-state index contributed by atoms with van der Waals surface area (Å²) >= 11 is 0. The zero-order valence-corrected chi connectivity index (χ0v) is 21.1. The Morgan fingerprint density at radius 1 is 1.09 bits per heavy atom. The van der Waals surface area contributed by atoms with Crippen molar-refractivity contribution in [2.45, 2.75) is 59.8 Å². The van der Waals surface area contributed by atoms with Crippen LogP contribution in [0.15, 0.2) is 30.3 Å². The molecule has 0 atom stereocenters. The van der Waals surface area contributed by atoms with Crippen LogP contribution in [0, 0.1) is 25.2 Å². The van der Waals surface area contributed by atoms with Gasteiger partial charge in [-0.1, -0.05) is 20.3 Å². The lowest BCUT2D eigenvalue weighted by atomic mass is 10.0. The minimum Gasteiger partial charge on any atom is -0.481 e. The fourth-order valence-electron chi connectivity index (χ4n) is 4.70. The monoisotopic (exact) mass is 474 g/mol. The molecule has 2 aromatic heterocycles. The summed E-state index contributed by atoms with van der Waals surface area (Å²) in [4.78, 5) is 31.6. The van der Waals surface area contributed by atoms with Crippen molar-refractivity contribution in [3.8, 4) is 11.8 Å². The molecule has 0 radical (unpaired) electrons. The molecule has 7 nitrogen and oxygen atoms in total. The van der Waals surface area contributed by atoms with Crippen molar-refractivity contribution in [1.82, 2.24) is 14.5 Å². The van der Waals surface area contributed by atoms with Crippen LogP contribution in [0.4, 0.5) is 0 Å². The molecular weight excluding hydrogens is 440 g/mol. The zero-order valence-electron chi connectivity index (χ0n) is 21.1. The maximum Gasteiger partial charge on any atom is 0.303 e. The molecule has 0 unspecified atom stereocenters. The van der Waals surface area contributed by atoms with E-state index in [4.69, 9.17) is 15.4 Å². The smallest absolute Gasteiger partial charge is 0.303 e. The minimum absolute atomic E-state index is 0.0192. The third kappa shape index (κ3) is 5.77. The lowest BCUT2D eigenvalue weighted by molar-refractivity contribution is -0.136. The molecule has 1 aliphatic heterocycles. The van der Waals surface area contributed by atoms with E-state index in [1.165, 1.54) is 6.42 Å². The second kappa shape index (κ2) is 11.8. The third-order valence-electron chi connectivity index (χ3n) is 6.43. The van der Waals surface area contributed by atoms with E-state index >= 15 is 0 Å². The Kier molecular flexibility index (Phi) is 8.78. The van der Waals surface area contributed by atoms with Gasteiger partial charge in [0, 0.05) is 23.5 Å². The van der Waals surface area contributed by atoms with Crippen LogP contribution in [-0.4, -0.2) is 50.9 Å². The first kappa shape index (κ1) is 26.1. The Morgan fingerprint density at radius 2 is 1.74 bits per heavy atom. The van der Waals surface area contributed by atoms with E-state index in [2.05, 4.69) is 11.0 Å². The predicted octanol–water partition coefficient (Wildman–Crippen LogP) is 5.23. The van der Waals surface area contributed by atoms with Gasteiger partial charge in [0.15, 0.2) is 5.78 Å². The molecule has 0 aliphatic carbocycles. The number of carbonyl (C=O) groups excluding carboxylic acids is 1. The van der Waals surface area contributed by atoms with Crippen molar-refractivity contribution in [2.24, 2.45) is 0 Å². The fraction of sp³-hybridized carbons (Fsp3) is 0.429. The van der Waals surface area contributed by atoms with E-state index in [9.17, 15) is 9.59 Å². The van der Waals surface area contributed by atoms with E-state index in [0.717, 1.165) is 54.1 Å². The van der Waals surface area contributed by atoms with Crippen molar-refractivity contribution in [1.29, 1.82) is 5.26 Å². The zero-order chi connectivity index (χ0) is 25.5. The summed E-state index contributed by atoms with van der Waals surface area (Å²) < 4.78 is 2.00. The highest BCUT2D eigenvalue weighted by atomic mass is 16.4. The first-order valence-corrected chi connectivity index (χ1v) is 12.4. The Hall–Kier alpha value is -3.50. The summed E-state index contributed by atoms with van der Waals surface area (Å²) in [7, 11) is 0. The van der Waals surface area contributed by atoms with Crippen molar-refractivity contribution in [2.75, 3.05) is 19.6 Å². The number of ketones is 1. The number of aromatic nitrogens is 2. The van der Waals surface area contributed by atoms with Gasteiger partial charge in [-0.15, -0.1) is 0 Å². The number of piperidine rings is 1. The number of fused-ring (bicyclic) bond motifs is 1. The second-order valence-electron chi connectivity index (χ2n) is 8.71. The average Bonchev–Trinajstić information content (AvgIpc) is 3.14. The molecule has 0 saturated carbocycles. The minimum atomic E-state index is -0.856. The fourth-order valence-corrected chi connectivity index (χ4v) is 4.70. The highest BCUT2D eigenvalue weighted by molar-refractivity contribution is 6.09. The number of aliphatic carboxylic acids is 1. The highest BCUT2D eigenvalue weighted by Gasteiger charge is 2.25. The van der Waals surface area contributed by atoms with Gasteiger partial charge in [0.2, 0.25) is 0 Å². The number of hydrogen-bond donors (Lipinski definition) is 1. The Bertz CT molecular complexity index is 1250. The molecule has 0 spiro atoms. The Balaban J connectivity index is 0.00000167. The number of carboxylic acid groups (broad SMARTS) is 1. The lowest BCUT2D eigenvalue weighted by Crippen LogP contribution is -2.34. The maximum atomic E-state index is 13.5. The van der Waals surface area contributed by atoms with Crippen molar-refractivity contribution < 1.29 is 14.7 Å². The van der Waals surface area contributed by atoms with E-state index in [-0.39, 0.29) is 12.2 Å². The van der Waals surface area contributed by atoms with Crippen LogP contribution in [0.25, 0.3) is 16.7 Å². The van der Waals surface area contributed by atoms with Crippen LogP contribution in [0.1, 0.15) is 72.4 Å². The number of nitrogens with zero attached hydrogens (tertiary/aromatic N) is 4. The highest BCUT2D eigenvalue weighted by Crippen LogP contribution is 2.31. The first-order chi connectivity index (χ1) is 16.9. The van der Waals surface area contributed by atoms with Gasteiger partial charge in [0.05, 0.1) is 34.8 Å². The summed E-state index contributed by atoms with van der Waals surface area (Å²) in [5.41, 5.74) is 5.85. The number of carboxylic acids is 1. The average molecular weight is 475 g/mol. The van der Waals surface area contributed by atoms with Gasteiger partial charge in [0.25, 0.3) is 0 Å². The molecule has 184 valence electrons. The molecule has 0 amide bonds. The van der Waals surface area contributed by atoms with Crippen LogP contribution in [-0.2, 0) is 11.2 Å². The van der Waals surface area contributed by atoms with Crippen LogP contribution in [0.3, 0.4) is 0 Å². The summed E-state index contributed by atoms with van der Waals surface area (Å²) in [5.74, 6) is -0.803. The van der Waals surface area contributed by atoms with Crippen LogP contribution in [0.2, 0.25) is 0 Å². The number of nitriles is 1. The molecule has 4 rings (SSSR count). The van der Waals surface area contributed by atoms with E-state index in [1.807, 2.05) is 50.5 Å². The summed E-state index contributed by atoms with van der Waals surface area (Å²) in [6.07, 6.45) is 3.83. The number of rotatable bonds is 7. The largest absolute Gasteiger partial charge is 0.481 e. The molecule has 7 heteroatoms. The van der Waals surface area contributed by atoms with Gasteiger partial charge in [0.1, 0.15) is 0 Å². The number of aryl methyl sites for hydroxylation is 2. The molecule has 1 saturated heterocycles. The number of Topliss-reactive ketones (excluding diaryl/α,β-unsaturated/α-hetero) is 1. The molecule has 35 heavy (non-hydrogen) atoms. The van der Waals surface area contributed by atoms with E-state index in [1.54, 1.807) is 12.1 Å². The van der Waals surface area contributed by atoms with Gasteiger partial charge in [-0.25, -0.2) is 0 Å². The quantitative estimate of drug-likeness (QED) is 0.471. The van der Waals surface area contributed by atoms with Gasteiger partial charge < -0.3 is 9.67 Å². The standard InChI is InChI=1S/C26H28N4O3.C2H6/c1-17-20(8-11-24(32)33)14-22-26(28-17)25(23(31)16-29-12-4-3-5-13-29)18(2)30(22)21-9-6-19(15-27)7-10-21;1-2/h6-7,9-10,14H,3-5,8,11-13,16H2,1-2H3,(H,32,33);1-2H3. The van der Waals surface area contributed by atoms with Gasteiger partial charge in [-0.3, -0.25) is 19.5 Å². The Labute approximate surface area is 207 Å². The normalized spacial score (nSPS) is 13.7. The number of benzene rings is 1. The van der Waals surface area contributed by atoms with Crippen LogP contribution in [0.5, 0.6) is 0 Å². The Morgan fingerprint density at radius 3 is 2.34 bits per heavy atom. The van der Waals surface area contributed by atoms with E-state index in [0.29, 0.717) is 29.6 Å². The molecule has 3 aromatic rings. The molecule has 1 aliphatic rings. The molecule has 3 heterocycles. The van der Waals surface area contributed by atoms with Crippen molar-refractivity contribution in [3.05, 3.63) is 58.4 Å². The van der Waals surface area contributed by atoms with E-state index < -0.39 is 5.97 Å². The number of hydrogen-bond acceptors (Lipinski definition) is 5. The molecule has 1 N–H and O–H groups in total. The maximum absolute atomic E-state index is 13.5. The van der Waals surface area contributed by atoms with Gasteiger partial charge >= 0.3 is 5.97 Å². The summed E-state index contributed by atoms with van der Waals surface area (Å²) in [5, 5.41) is 18.3. The summed E-state index contributed by atoms with van der Waals surface area (Å²) in [6, 6.07) is 11.3. The summed E-state index contributed by atoms with van der Waals surface area (Å²) in [6.45, 7) is 10.0. The van der Waals surface area contributed by atoms with Gasteiger partial charge in [-0.2, -0.15) is 5.26 Å². The molecule has 1 aromatic carbocycles. The topological polar surface area (TPSA) is 99.2 Å². The third-order valence-corrected chi connectivity index (χ3v) is 6.43. The van der Waals surface area contributed by atoms with Crippen LogP contribution >= 0.6 is 0 Å². The van der Waals surface area contributed by atoms with Crippen LogP contribution < -0.4 is 0 Å². The molecule has 1 fully saturated rings. The molecule has 0 bridgehead atoms. The lowest BCUT2D eigenvalue weighted by Gasteiger charge is -2.25. The van der Waals surface area contributed by atoms with Crippen molar-refractivity contribution in [3.63, 3.8) is 0 Å². The second-order valence-corrected chi connectivity index (χ2v) is 8.71. The van der Waals surface area contributed by atoms with Gasteiger partial charge in [-0.05, 0) is 82.1 Å². The molecular formula is C28H34N4O3. The number of carbonyl (C=O) groups is 2.